The molecule has 19 heavy (non-hydrogen) atoms. The largest absolute Gasteiger partial charge is 0.457 e. The van der Waals surface area contributed by atoms with Gasteiger partial charge in [0, 0.05) is 0 Å². The minimum atomic E-state index is 0.730. The fourth-order valence-electron chi connectivity index (χ4n) is 2.89. The lowest BCUT2D eigenvalue weighted by Crippen LogP contribution is -2.04. The molecule has 0 spiro atoms. The first-order valence-electron chi connectivity index (χ1n) is 7.25. The van der Waals surface area contributed by atoms with Gasteiger partial charge >= 0.3 is 0 Å². The van der Waals surface area contributed by atoms with Crippen LogP contribution in [0.25, 0.3) is 0 Å². The molecule has 0 unspecified atom stereocenters. The first-order valence-corrected chi connectivity index (χ1v) is 7.25. The van der Waals surface area contributed by atoms with Crippen LogP contribution < -0.4 is 4.74 Å². The Morgan fingerprint density at radius 2 is 1.47 bits per heavy atom. The molecular weight excluding hydrogens is 232 g/mol. The molecule has 1 saturated carbocycles. The van der Waals surface area contributed by atoms with E-state index in [-0.39, 0.29) is 0 Å². The molecule has 0 saturated heterocycles. The fourth-order valence-corrected chi connectivity index (χ4v) is 2.89. The van der Waals surface area contributed by atoms with E-state index in [2.05, 4.69) is 18.2 Å². The number of rotatable bonds is 3. The highest BCUT2D eigenvalue weighted by Crippen LogP contribution is 2.34. The average molecular weight is 252 g/mol. The van der Waals surface area contributed by atoms with Crippen LogP contribution in [0, 0.1) is 0 Å². The summed E-state index contributed by atoms with van der Waals surface area (Å²) < 4.78 is 5.91. The topological polar surface area (TPSA) is 9.23 Å². The molecule has 0 N–H and O–H groups in total. The van der Waals surface area contributed by atoms with Crippen LogP contribution in [0.15, 0.2) is 54.6 Å². The molecule has 1 nitrogen and oxygen atoms in total. The molecule has 2 aromatic rings. The van der Waals surface area contributed by atoms with E-state index in [9.17, 15) is 0 Å². The zero-order valence-corrected chi connectivity index (χ0v) is 11.2. The van der Waals surface area contributed by atoms with Gasteiger partial charge in [-0.25, -0.2) is 0 Å². The molecular formula is C18H20O. The summed E-state index contributed by atoms with van der Waals surface area (Å²) in [5.74, 6) is 2.59. The Balaban J connectivity index is 1.76. The fraction of sp³-hybridized carbons (Fsp3) is 0.333. The normalized spacial score (nSPS) is 16.2. The molecule has 0 radical (unpaired) electrons. The molecule has 98 valence electrons. The summed E-state index contributed by atoms with van der Waals surface area (Å²) in [6, 6.07) is 18.6. The van der Waals surface area contributed by atoms with E-state index in [1.54, 1.807) is 0 Å². The summed E-state index contributed by atoms with van der Waals surface area (Å²) in [4.78, 5) is 0. The van der Waals surface area contributed by atoms with Crippen LogP contribution in [-0.2, 0) is 0 Å². The van der Waals surface area contributed by atoms with Gasteiger partial charge in [-0.05, 0) is 48.6 Å². The zero-order chi connectivity index (χ0) is 12.9. The minimum absolute atomic E-state index is 0.730. The number of ether oxygens (including phenoxy) is 1. The van der Waals surface area contributed by atoms with Gasteiger partial charge < -0.3 is 4.74 Å². The third-order valence-electron chi connectivity index (χ3n) is 3.91. The van der Waals surface area contributed by atoms with Gasteiger partial charge in [0.05, 0.1) is 0 Å². The van der Waals surface area contributed by atoms with Crippen LogP contribution >= 0.6 is 0 Å². The maximum Gasteiger partial charge on any atom is 0.127 e. The minimum Gasteiger partial charge on any atom is -0.457 e. The maximum atomic E-state index is 5.91. The number of hydrogen-bond acceptors (Lipinski definition) is 1. The lowest BCUT2D eigenvalue weighted by molar-refractivity contribution is 0.439. The average Bonchev–Trinajstić information content (AvgIpc) is 2.49. The maximum absolute atomic E-state index is 5.91. The first-order chi connectivity index (χ1) is 9.42. The lowest BCUT2D eigenvalue weighted by atomic mass is 9.84. The van der Waals surface area contributed by atoms with E-state index in [1.165, 1.54) is 37.7 Å². The van der Waals surface area contributed by atoms with Crippen molar-refractivity contribution >= 4 is 0 Å². The van der Waals surface area contributed by atoms with Crippen molar-refractivity contribution in [2.24, 2.45) is 0 Å². The van der Waals surface area contributed by atoms with Crippen LogP contribution in [0.1, 0.15) is 43.6 Å². The highest BCUT2D eigenvalue weighted by molar-refractivity contribution is 5.35. The number of benzene rings is 2. The van der Waals surface area contributed by atoms with Gasteiger partial charge in [-0.1, -0.05) is 49.6 Å². The zero-order valence-electron chi connectivity index (χ0n) is 11.2. The molecule has 3 rings (SSSR count). The van der Waals surface area contributed by atoms with Gasteiger partial charge in [0.25, 0.3) is 0 Å². The van der Waals surface area contributed by atoms with Crippen LogP contribution in [0.2, 0.25) is 0 Å². The molecule has 0 atom stereocenters. The van der Waals surface area contributed by atoms with E-state index in [4.69, 9.17) is 4.74 Å². The highest BCUT2D eigenvalue weighted by atomic mass is 16.5. The Morgan fingerprint density at radius 3 is 2.26 bits per heavy atom. The summed E-state index contributed by atoms with van der Waals surface area (Å²) in [6.07, 6.45) is 6.79. The number of para-hydroxylation sites is 1. The molecule has 1 aliphatic carbocycles. The van der Waals surface area contributed by atoms with Gasteiger partial charge in [-0.2, -0.15) is 0 Å². The Kier molecular flexibility index (Phi) is 3.83. The monoisotopic (exact) mass is 252 g/mol. The number of hydrogen-bond donors (Lipinski definition) is 0. The van der Waals surface area contributed by atoms with Crippen molar-refractivity contribution in [2.75, 3.05) is 0 Å². The molecule has 1 fully saturated rings. The SMILES string of the molecule is c1ccc(Oc2cccc(C3CCCCC3)c2)cc1. The molecule has 1 aliphatic rings. The molecule has 0 bridgehead atoms. The van der Waals surface area contributed by atoms with Crippen LogP contribution in [0.3, 0.4) is 0 Å². The van der Waals surface area contributed by atoms with Crippen molar-refractivity contribution in [1.82, 2.24) is 0 Å². The molecule has 0 aromatic heterocycles. The van der Waals surface area contributed by atoms with Gasteiger partial charge in [0.2, 0.25) is 0 Å². The van der Waals surface area contributed by atoms with Crippen molar-refractivity contribution in [3.8, 4) is 11.5 Å². The molecule has 0 heterocycles. The second kappa shape index (κ2) is 5.92. The molecule has 2 aromatic carbocycles. The Hall–Kier alpha value is -1.76. The van der Waals surface area contributed by atoms with Crippen LogP contribution in [0.5, 0.6) is 11.5 Å². The van der Waals surface area contributed by atoms with Gasteiger partial charge in [0.1, 0.15) is 11.5 Å². The van der Waals surface area contributed by atoms with Crippen molar-refractivity contribution in [3.63, 3.8) is 0 Å². The van der Waals surface area contributed by atoms with Crippen molar-refractivity contribution in [3.05, 3.63) is 60.2 Å². The Bertz CT molecular complexity index is 512. The van der Waals surface area contributed by atoms with E-state index >= 15 is 0 Å². The second-order valence-electron chi connectivity index (χ2n) is 5.32. The third kappa shape index (κ3) is 3.17. The van der Waals surface area contributed by atoms with E-state index in [0.717, 1.165) is 17.4 Å². The van der Waals surface area contributed by atoms with Crippen molar-refractivity contribution in [2.45, 2.75) is 38.0 Å². The van der Waals surface area contributed by atoms with Gasteiger partial charge in [-0.3, -0.25) is 0 Å². The summed E-state index contributed by atoms with van der Waals surface area (Å²) in [6.45, 7) is 0. The van der Waals surface area contributed by atoms with Crippen LogP contribution in [-0.4, -0.2) is 0 Å². The standard InChI is InChI=1S/C18H20O/c1-3-8-15(9-4-1)16-10-7-13-18(14-16)19-17-11-5-2-6-12-17/h2,5-7,10-15H,1,3-4,8-9H2. The third-order valence-corrected chi connectivity index (χ3v) is 3.91. The van der Waals surface area contributed by atoms with Crippen molar-refractivity contribution < 1.29 is 4.74 Å². The van der Waals surface area contributed by atoms with E-state index in [0.29, 0.717) is 0 Å². The van der Waals surface area contributed by atoms with Gasteiger partial charge in [-0.15, -0.1) is 0 Å². The van der Waals surface area contributed by atoms with Gasteiger partial charge in [0.15, 0.2) is 0 Å². The predicted octanol–water partition coefficient (Wildman–Crippen LogP) is 5.53. The smallest absolute Gasteiger partial charge is 0.127 e. The summed E-state index contributed by atoms with van der Waals surface area (Å²) in [7, 11) is 0. The molecule has 1 heteroatoms. The van der Waals surface area contributed by atoms with E-state index < -0.39 is 0 Å². The summed E-state index contributed by atoms with van der Waals surface area (Å²) in [5.41, 5.74) is 1.44. The predicted molar refractivity (Wildman–Crippen MR) is 78.8 cm³/mol. The first kappa shape index (κ1) is 12.3. The molecule has 0 aliphatic heterocycles. The Morgan fingerprint density at radius 1 is 0.737 bits per heavy atom. The Labute approximate surface area is 115 Å². The van der Waals surface area contributed by atoms with Crippen LogP contribution in [0.4, 0.5) is 0 Å². The second-order valence-corrected chi connectivity index (χ2v) is 5.32. The highest BCUT2D eigenvalue weighted by Gasteiger charge is 2.15. The van der Waals surface area contributed by atoms with E-state index in [1.807, 2.05) is 36.4 Å². The quantitative estimate of drug-likeness (QED) is 0.698. The summed E-state index contributed by atoms with van der Waals surface area (Å²) in [5, 5.41) is 0. The summed E-state index contributed by atoms with van der Waals surface area (Å²) >= 11 is 0. The lowest BCUT2D eigenvalue weighted by Gasteiger charge is -2.22. The van der Waals surface area contributed by atoms with Crippen molar-refractivity contribution in [1.29, 1.82) is 0 Å². The molecule has 0 amide bonds.